The van der Waals surface area contributed by atoms with E-state index in [2.05, 4.69) is 133 Å². The van der Waals surface area contributed by atoms with Gasteiger partial charge in [0, 0.05) is 11.1 Å². The van der Waals surface area contributed by atoms with Gasteiger partial charge in [0.25, 0.3) is 0 Å². The van der Waals surface area contributed by atoms with Crippen molar-refractivity contribution in [3.63, 3.8) is 0 Å². The van der Waals surface area contributed by atoms with E-state index in [4.69, 9.17) is 9.97 Å². The number of fused-ring (bicyclic) bond motifs is 2. The fourth-order valence-electron chi connectivity index (χ4n) is 6.15. The van der Waals surface area contributed by atoms with E-state index in [9.17, 15) is 0 Å². The first-order chi connectivity index (χ1) is 20.8. The van der Waals surface area contributed by atoms with Crippen LogP contribution in [0.15, 0.2) is 121 Å². The van der Waals surface area contributed by atoms with Crippen LogP contribution in [0.5, 0.6) is 0 Å². The molecule has 7 aromatic carbocycles. The smallest absolute Gasteiger partial charge is 0.125 e. The summed E-state index contributed by atoms with van der Waals surface area (Å²) in [4.78, 5) is 10.1. The fourth-order valence-corrected chi connectivity index (χ4v) is 8.15. The number of nitrogens with zero attached hydrogens (tertiary/aromatic N) is 2. The standard InChI is InChI=1S/C38H22N2S2/c1-2-8-23(9-3-1)14-15-25-22-30(38-40-32-11-5-7-13-34(32)42-38)28-18-16-24-17-19-29(27-21-20-26(25)36(28)35(24)27)37-39-31-10-4-6-12-33(31)41-37/h1-22H/b15-14+. The molecule has 2 heterocycles. The van der Waals surface area contributed by atoms with Gasteiger partial charge in [-0.05, 0) is 73.8 Å². The maximum absolute atomic E-state index is 5.10. The average Bonchev–Trinajstić information content (AvgIpc) is 3.68. The molecular formula is C38H22N2S2. The number of benzene rings is 7. The van der Waals surface area contributed by atoms with Crippen molar-refractivity contribution in [2.45, 2.75) is 0 Å². The zero-order chi connectivity index (χ0) is 27.6. The van der Waals surface area contributed by atoms with Gasteiger partial charge < -0.3 is 0 Å². The van der Waals surface area contributed by atoms with Crippen LogP contribution >= 0.6 is 22.7 Å². The highest BCUT2D eigenvalue weighted by molar-refractivity contribution is 7.22. The minimum atomic E-state index is 1.04. The molecule has 9 rings (SSSR count). The van der Waals surface area contributed by atoms with Crippen LogP contribution in [0.1, 0.15) is 11.1 Å². The maximum atomic E-state index is 5.10. The normalized spacial score (nSPS) is 12.2. The lowest BCUT2D eigenvalue weighted by molar-refractivity contribution is 1.49. The van der Waals surface area contributed by atoms with E-state index in [1.807, 2.05) is 0 Å². The van der Waals surface area contributed by atoms with E-state index < -0.39 is 0 Å². The topological polar surface area (TPSA) is 25.8 Å². The Morgan fingerprint density at radius 3 is 1.81 bits per heavy atom. The number of thiazole rings is 2. The monoisotopic (exact) mass is 570 g/mol. The van der Waals surface area contributed by atoms with Gasteiger partial charge in [0.2, 0.25) is 0 Å². The highest BCUT2D eigenvalue weighted by atomic mass is 32.1. The predicted octanol–water partition coefficient (Wildman–Crippen LogP) is 11.3. The minimum Gasteiger partial charge on any atom is -0.236 e. The largest absolute Gasteiger partial charge is 0.236 e. The molecule has 196 valence electrons. The summed E-state index contributed by atoms with van der Waals surface area (Å²) in [6.45, 7) is 0. The van der Waals surface area contributed by atoms with Gasteiger partial charge in [-0.1, -0.05) is 103 Å². The van der Waals surface area contributed by atoms with Gasteiger partial charge in [-0.3, -0.25) is 0 Å². The Morgan fingerprint density at radius 2 is 1.07 bits per heavy atom. The summed E-state index contributed by atoms with van der Waals surface area (Å²) in [6.07, 6.45) is 4.47. The van der Waals surface area contributed by atoms with Crippen molar-refractivity contribution in [3.05, 3.63) is 132 Å². The fraction of sp³-hybridized carbons (Fsp3) is 0. The second-order valence-electron chi connectivity index (χ2n) is 10.6. The highest BCUT2D eigenvalue weighted by Crippen LogP contribution is 2.45. The Morgan fingerprint density at radius 1 is 0.476 bits per heavy atom. The van der Waals surface area contributed by atoms with Gasteiger partial charge in [-0.2, -0.15) is 0 Å². The van der Waals surface area contributed by atoms with E-state index in [1.165, 1.54) is 64.0 Å². The Balaban J connectivity index is 1.36. The van der Waals surface area contributed by atoms with Crippen molar-refractivity contribution < 1.29 is 0 Å². The molecule has 4 heteroatoms. The van der Waals surface area contributed by atoms with Crippen molar-refractivity contribution in [1.29, 1.82) is 0 Å². The number of aromatic nitrogens is 2. The van der Waals surface area contributed by atoms with Crippen LogP contribution in [0.25, 0.3) is 86.0 Å². The molecule has 0 aliphatic carbocycles. The van der Waals surface area contributed by atoms with E-state index in [1.54, 1.807) is 22.7 Å². The van der Waals surface area contributed by atoms with Crippen LogP contribution in [-0.4, -0.2) is 9.97 Å². The summed E-state index contributed by atoms with van der Waals surface area (Å²) in [5, 5.41) is 9.66. The third kappa shape index (κ3) is 3.69. The van der Waals surface area contributed by atoms with Crippen molar-refractivity contribution >= 4 is 87.6 Å². The summed E-state index contributed by atoms with van der Waals surface area (Å²) < 4.78 is 2.42. The summed E-state index contributed by atoms with van der Waals surface area (Å²) in [5.74, 6) is 0. The van der Waals surface area contributed by atoms with Gasteiger partial charge in [0.05, 0.1) is 20.4 Å². The summed E-state index contributed by atoms with van der Waals surface area (Å²) in [7, 11) is 0. The molecule has 0 amide bonds. The number of para-hydroxylation sites is 2. The molecule has 0 aliphatic heterocycles. The van der Waals surface area contributed by atoms with Crippen molar-refractivity contribution in [1.82, 2.24) is 9.97 Å². The summed E-state index contributed by atoms with van der Waals surface area (Å²) in [5.41, 5.74) is 6.83. The van der Waals surface area contributed by atoms with Gasteiger partial charge >= 0.3 is 0 Å². The first kappa shape index (κ1) is 23.8. The Bertz CT molecular complexity index is 2400. The van der Waals surface area contributed by atoms with Crippen molar-refractivity contribution in [2.24, 2.45) is 0 Å². The van der Waals surface area contributed by atoms with E-state index in [-0.39, 0.29) is 0 Å². The van der Waals surface area contributed by atoms with Crippen LogP contribution in [-0.2, 0) is 0 Å². The molecule has 2 nitrogen and oxygen atoms in total. The maximum Gasteiger partial charge on any atom is 0.125 e. The van der Waals surface area contributed by atoms with Crippen LogP contribution in [0, 0.1) is 0 Å². The van der Waals surface area contributed by atoms with E-state index in [0.29, 0.717) is 0 Å². The lowest BCUT2D eigenvalue weighted by Crippen LogP contribution is -1.91. The number of rotatable bonds is 4. The zero-order valence-electron chi connectivity index (χ0n) is 22.4. The lowest BCUT2D eigenvalue weighted by Gasteiger charge is -2.17. The quantitative estimate of drug-likeness (QED) is 0.155. The molecule has 0 atom stereocenters. The third-order valence-corrected chi connectivity index (χ3v) is 10.3. The van der Waals surface area contributed by atoms with Gasteiger partial charge in [-0.25, -0.2) is 9.97 Å². The molecule has 0 fully saturated rings. The molecule has 0 N–H and O–H groups in total. The van der Waals surface area contributed by atoms with Gasteiger partial charge in [-0.15, -0.1) is 22.7 Å². The number of hydrogen-bond donors (Lipinski definition) is 0. The highest BCUT2D eigenvalue weighted by Gasteiger charge is 2.19. The summed E-state index contributed by atoms with van der Waals surface area (Å²) >= 11 is 3.52. The minimum absolute atomic E-state index is 1.04. The third-order valence-electron chi connectivity index (χ3n) is 8.12. The Kier molecular flexibility index (Phi) is 5.27. The van der Waals surface area contributed by atoms with Crippen LogP contribution < -0.4 is 0 Å². The first-order valence-corrected chi connectivity index (χ1v) is 15.6. The number of hydrogen-bond acceptors (Lipinski definition) is 4. The SMILES string of the molecule is C(=C\c1cc(-c2nc3ccccc3s2)c2ccc3ccc(-c4nc5ccccc5s4)c4ccc1c2c34)/c1ccccc1. The van der Waals surface area contributed by atoms with Crippen molar-refractivity contribution in [3.8, 4) is 21.1 Å². The molecule has 9 aromatic rings. The summed E-state index contributed by atoms with van der Waals surface area (Å²) in [6, 6.07) is 43.3. The molecule has 0 unspecified atom stereocenters. The first-order valence-electron chi connectivity index (χ1n) is 14.0. The van der Waals surface area contributed by atoms with Crippen LogP contribution in [0.2, 0.25) is 0 Å². The molecule has 2 aromatic heterocycles. The second kappa shape index (κ2) is 9.31. The predicted molar refractivity (Wildman–Crippen MR) is 183 cm³/mol. The Labute approximate surface area is 250 Å². The van der Waals surface area contributed by atoms with E-state index >= 15 is 0 Å². The van der Waals surface area contributed by atoms with Gasteiger partial charge in [0.15, 0.2) is 0 Å². The van der Waals surface area contributed by atoms with Crippen molar-refractivity contribution in [2.75, 3.05) is 0 Å². The molecule has 0 saturated heterocycles. The molecule has 0 spiro atoms. The van der Waals surface area contributed by atoms with Crippen LogP contribution in [0.3, 0.4) is 0 Å². The second-order valence-corrected chi connectivity index (χ2v) is 12.7. The molecule has 0 saturated carbocycles. The molecule has 0 radical (unpaired) electrons. The average molecular weight is 571 g/mol. The van der Waals surface area contributed by atoms with Crippen LogP contribution in [0.4, 0.5) is 0 Å². The lowest BCUT2D eigenvalue weighted by atomic mass is 9.88. The van der Waals surface area contributed by atoms with Gasteiger partial charge in [0.1, 0.15) is 10.0 Å². The molecule has 0 aliphatic rings. The molecular weight excluding hydrogens is 549 g/mol. The molecule has 0 bridgehead atoms. The molecule has 42 heavy (non-hydrogen) atoms. The Hall–Kier alpha value is -4.90. The van der Waals surface area contributed by atoms with E-state index in [0.717, 1.165) is 21.0 Å². The zero-order valence-corrected chi connectivity index (χ0v) is 24.0.